The number of rotatable bonds is 6. The third-order valence-corrected chi connectivity index (χ3v) is 4.42. The number of nitrogens with zero attached hydrogens (tertiary/aromatic N) is 2. The summed E-state index contributed by atoms with van der Waals surface area (Å²) in [7, 11) is 0. The number of anilines is 1. The minimum atomic E-state index is -4.49. The van der Waals surface area contributed by atoms with Crippen LogP contribution in [0.15, 0.2) is 34.9 Å². The Hall–Kier alpha value is -2.88. The van der Waals surface area contributed by atoms with Gasteiger partial charge in [0.2, 0.25) is 5.91 Å². The van der Waals surface area contributed by atoms with E-state index in [1.54, 1.807) is 6.92 Å². The number of amides is 2. The first-order chi connectivity index (χ1) is 13.7. The summed E-state index contributed by atoms with van der Waals surface area (Å²) < 4.78 is 48.7. The number of hydrogen-bond donors (Lipinski definition) is 1. The first kappa shape index (κ1) is 20.8. The Morgan fingerprint density at radius 1 is 1.28 bits per heavy atom. The van der Waals surface area contributed by atoms with Crippen molar-refractivity contribution in [2.24, 2.45) is 0 Å². The van der Waals surface area contributed by atoms with Crippen molar-refractivity contribution < 1.29 is 32.0 Å². The first-order valence-electron chi connectivity index (χ1n) is 9.03. The second-order valence-corrected chi connectivity index (χ2v) is 6.77. The molecule has 0 aliphatic carbocycles. The van der Waals surface area contributed by atoms with Gasteiger partial charge in [-0.05, 0) is 44.0 Å². The van der Waals surface area contributed by atoms with E-state index in [-0.39, 0.29) is 30.6 Å². The SMILES string of the molecule is Cc1cc(NC(=O)CN(C[C@@H]2CCCO2)C(=O)c2ccc(C(F)(F)F)cc2)no1. The van der Waals surface area contributed by atoms with Crippen LogP contribution >= 0.6 is 0 Å². The summed E-state index contributed by atoms with van der Waals surface area (Å²) in [5.74, 6) is -0.332. The van der Waals surface area contributed by atoms with Gasteiger partial charge in [-0.25, -0.2) is 0 Å². The van der Waals surface area contributed by atoms with Gasteiger partial charge in [0.05, 0.1) is 11.7 Å². The van der Waals surface area contributed by atoms with Crippen LogP contribution in [0.5, 0.6) is 0 Å². The standard InChI is InChI=1S/C19H20F3N3O4/c1-12-9-16(24-29-12)23-17(26)11-25(10-15-3-2-8-28-15)18(27)13-4-6-14(7-5-13)19(20,21)22/h4-7,9,15H,2-3,8,10-11H2,1H3,(H,23,24,26)/t15-/m0/s1. The number of aryl methyl sites for hydroxylation is 1. The Labute approximate surface area is 164 Å². The first-order valence-corrected chi connectivity index (χ1v) is 9.03. The van der Waals surface area contributed by atoms with Gasteiger partial charge in [-0.2, -0.15) is 13.2 Å². The minimum absolute atomic E-state index is 0.0566. The summed E-state index contributed by atoms with van der Waals surface area (Å²) in [4.78, 5) is 26.5. The molecule has 0 unspecified atom stereocenters. The summed E-state index contributed by atoms with van der Waals surface area (Å²) in [6.07, 6.45) is -3.14. The second kappa shape index (κ2) is 8.64. The maximum atomic E-state index is 12.9. The predicted molar refractivity (Wildman–Crippen MR) is 96.2 cm³/mol. The van der Waals surface area contributed by atoms with E-state index in [0.717, 1.165) is 37.1 Å². The van der Waals surface area contributed by atoms with Crippen LogP contribution in [0.2, 0.25) is 0 Å². The molecular weight excluding hydrogens is 391 g/mol. The molecule has 0 radical (unpaired) electrons. The van der Waals surface area contributed by atoms with Crippen LogP contribution in [-0.4, -0.2) is 47.7 Å². The van der Waals surface area contributed by atoms with Crippen LogP contribution in [0.4, 0.5) is 19.0 Å². The molecule has 1 atom stereocenters. The number of hydrogen-bond acceptors (Lipinski definition) is 5. The molecule has 29 heavy (non-hydrogen) atoms. The molecule has 1 N–H and O–H groups in total. The molecule has 1 aromatic heterocycles. The van der Waals surface area contributed by atoms with Crippen molar-refractivity contribution in [3.8, 4) is 0 Å². The van der Waals surface area contributed by atoms with Gasteiger partial charge in [0.1, 0.15) is 12.3 Å². The Balaban J connectivity index is 1.73. The Morgan fingerprint density at radius 2 is 2.00 bits per heavy atom. The fourth-order valence-corrected chi connectivity index (χ4v) is 3.02. The van der Waals surface area contributed by atoms with E-state index in [0.29, 0.717) is 12.4 Å². The molecule has 2 heterocycles. The van der Waals surface area contributed by atoms with Gasteiger partial charge >= 0.3 is 6.18 Å². The number of carbonyl (C=O) groups excluding carboxylic acids is 2. The lowest BCUT2D eigenvalue weighted by Gasteiger charge is -2.25. The quantitative estimate of drug-likeness (QED) is 0.789. The van der Waals surface area contributed by atoms with Crippen LogP contribution in [-0.2, 0) is 15.7 Å². The summed E-state index contributed by atoms with van der Waals surface area (Å²) in [6, 6.07) is 5.42. The third kappa shape index (κ3) is 5.57. The molecule has 2 aromatic rings. The van der Waals surface area contributed by atoms with Gasteiger partial charge in [0, 0.05) is 24.8 Å². The Bertz CT molecular complexity index is 858. The molecule has 1 aliphatic heterocycles. The third-order valence-electron chi connectivity index (χ3n) is 4.42. The van der Waals surface area contributed by atoms with Crippen LogP contribution in [0.3, 0.4) is 0 Å². The molecule has 2 amide bonds. The summed E-state index contributed by atoms with van der Waals surface area (Å²) in [5, 5.41) is 6.19. The molecule has 7 nitrogen and oxygen atoms in total. The molecule has 10 heteroatoms. The van der Waals surface area contributed by atoms with Crippen molar-refractivity contribution in [3.63, 3.8) is 0 Å². The zero-order chi connectivity index (χ0) is 21.0. The number of nitrogens with one attached hydrogen (secondary N) is 1. The van der Waals surface area contributed by atoms with E-state index in [1.807, 2.05) is 0 Å². The molecule has 1 fully saturated rings. The lowest BCUT2D eigenvalue weighted by Crippen LogP contribution is -2.42. The van der Waals surface area contributed by atoms with Crippen LogP contribution in [0.1, 0.15) is 34.5 Å². The zero-order valence-corrected chi connectivity index (χ0v) is 15.7. The topological polar surface area (TPSA) is 84.7 Å². The highest BCUT2D eigenvalue weighted by Gasteiger charge is 2.31. The fraction of sp³-hybridized carbons (Fsp3) is 0.421. The fourth-order valence-electron chi connectivity index (χ4n) is 3.02. The van der Waals surface area contributed by atoms with E-state index < -0.39 is 23.6 Å². The number of halogens is 3. The molecule has 1 aliphatic rings. The molecular formula is C19H20F3N3O4. The van der Waals surface area contributed by atoms with Crippen molar-refractivity contribution in [3.05, 3.63) is 47.2 Å². The number of aromatic nitrogens is 1. The van der Waals surface area contributed by atoms with E-state index in [1.165, 1.54) is 11.0 Å². The van der Waals surface area contributed by atoms with Crippen molar-refractivity contribution >= 4 is 17.6 Å². The summed E-state index contributed by atoms with van der Waals surface area (Å²) in [5.41, 5.74) is -0.792. The average Bonchev–Trinajstić information content (AvgIpc) is 3.31. The van der Waals surface area contributed by atoms with E-state index in [2.05, 4.69) is 10.5 Å². The summed E-state index contributed by atoms with van der Waals surface area (Å²) in [6.45, 7) is 2.09. The zero-order valence-electron chi connectivity index (χ0n) is 15.7. The van der Waals surface area contributed by atoms with Gasteiger partial charge in [-0.3, -0.25) is 9.59 Å². The number of alkyl halides is 3. The maximum Gasteiger partial charge on any atom is 0.416 e. The number of carbonyl (C=O) groups is 2. The largest absolute Gasteiger partial charge is 0.416 e. The minimum Gasteiger partial charge on any atom is -0.376 e. The van der Waals surface area contributed by atoms with E-state index >= 15 is 0 Å². The van der Waals surface area contributed by atoms with Crippen molar-refractivity contribution in [1.29, 1.82) is 0 Å². The Kier molecular flexibility index (Phi) is 6.21. The highest BCUT2D eigenvalue weighted by atomic mass is 19.4. The van der Waals surface area contributed by atoms with E-state index in [9.17, 15) is 22.8 Å². The predicted octanol–water partition coefficient (Wildman–Crippen LogP) is 3.26. The van der Waals surface area contributed by atoms with E-state index in [4.69, 9.17) is 9.26 Å². The van der Waals surface area contributed by atoms with Gasteiger partial charge in [-0.1, -0.05) is 5.16 Å². The number of ether oxygens (including phenoxy) is 1. The highest BCUT2D eigenvalue weighted by Crippen LogP contribution is 2.29. The molecule has 1 aromatic carbocycles. The van der Waals surface area contributed by atoms with Crippen molar-refractivity contribution in [2.75, 3.05) is 25.0 Å². The molecule has 0 spiro atoms. The summed E-state index contributed by atoms with van der Waals surface area (Å²) >= 11 is 0. The van der Waals surface area contributed by atoms with Crippen molar-refractivity contribution in [1.82, 2.24) is 10.1 Å². The van der Waals surface area contributed by atoms with Crippen LogP contribution in [0, 0.1) is 6.92 Å². The monoisotopic (exact) mass is 411 g/mol. The van der Waals surface area contributed by atoms with Crippen molar-refractivity contribution in [2.45, 2.75) is 32.0 Å². The van der Waals surface area contributed by atoms with Crippen LogP contribution < -0.4 is 5.32 Å². The average molecular weight is 411 g/mol. The second-order valence-electron chi connectivity index (χ2n) is 6.77. The lowest BCUT2D eigenvalue weighted by molar-refractivity contribution is -0.137. The van der Waals surface area contributed by atoms with Gasteiger partial charge < -0.3 is 19.5 Å². The molecule has 3 rings (SSSR count). The Morgan fingerprint density at radius 3 is 2.55 bits per heavy atom. The van der Waals surface area contributed by atoms with Crippen LogP contribution in [0.25, 0.3) is 0 Å². The lowest BCUT2D eigenvalue weighted by atomic mass is 10.1. The van der Waals surface area contributed by atoms with Gasteiger partial charge in [0.15, 0.2) is 5.82 Å². The van der Waals surface area contributed by atoms with Gasteiger partial charge in [0.25, 0.3) is 5.91 Å². The smallest absolute Gasteiger partial charge is 0.376 e. The normalized spacial score (nSPS) is 16.6. The molecule has 0 saturated carbocycles. The molecule has 1 saturated heterocycles. The molecule has 156 valence electrons. The maximum absolute atomic E-state index is 12.9. The molecule has 0 bridgehead atoms. The highest BCUT2D eigenvalue weighted by molar-refractivity contribution is 5.99. The number of benzene rings is 1. The van der Waals surface area contributed by atoms with Gasteiger partial charge in [-0.15, -0.1) is 0 Å².